The molecule has 2 aromatic rings. The molecule has 7 nitrogen and oxygen atoms in total. The minimum atomic E-state index is -3.72. The summed E-state index contributed by atoms with van der Waals surface area (Å²) >= 11 is 5.79. The van der Waals surface area contributed by atoms with Crippen LogP contribution in [0.4, 0.5) is 17.1 Å². The highest BCUT2D eigenvalue weighted by molar-refractivity contribution is 7.92. The lowest BCUT2D eigenvalue weighted by atomic mass is 10.2. The van der Waals surface area contributed by atoms with Gasteiger partial charge in [-0.3, -0.25) is 13.9 Å². The smallest absolute Gasteiger partial charge is 0.245 e. The minimum Gasteiger partial charge on any atom is -0.326 e. The predicted molar refractivity (Wildman–Crippen MR) is 103 cm³/mol. The first-order valence-electron chi connectivity index (χ1n) is 7.56. The van der Waals surface area contributed by atoms with Gasteiger partial charge in [-0.15, -0.1) is 0 Å². The number of hydrogen-bond donors (Lipinski definition) is 2. The number of sulfonamides is 1. The minimum absolute atomic E-state index is 0.269. The van der Waals surface area contributed by atoms with Crippen molar-refractivity contribution < 1.29 is 18.0 Å². The molecular formula is C17H18ClN3O4S. The second-order valence-corrected chi connectivity index (χ2v) is 7.90. The van der Waals surface area contributed by atoms with Crippen molar-refractivity contribution in [2.75, 3.05) is 27.7 Å². The van der Waals surface area contributed by atoms with Crippen molar-refractivity contribution in [1.29, 1.82) is 0 Å². The number of nitrogens with zero attached hydrogens (tertiary/aromatic N) is 1. The highest BCUT2D eigenvalue weighted by atomic mass is 35.5. The molecule has 0 fully saturated rings. The third-order valence-corrected chi connectivity index (χ3v) is 4.66. The zero-order valence-corrected chi connectivity index (χ0v) is 15.8. The zero-order valence-electron chi connectivity index (χ0n) is 14.2. The van der Waals surface area contributed by atoms with Gasteiger partial charge in [0.15, 0.2) is 0 Å². The first-order valence-corrected chi connectivity index (χ1v) is 9.78. The molecule has 0 aliphatic rings. The van der Waals surface area contributed by atoms with E-state index in [1.165, 1.54) is 13.0 Å². The van der Waals surface area contributed by atoms with Gasteiger partial charge in [0.2, 0.25) is 21.8 Å². The number of halogens is 1. The number of nitrogens with one attached hydrogen (secondary N) is 2. The molecule has 0 saturated heterocycles. The van der Waals surface area contributed by atoms with Crippen LogP contribution < -0.4 is 14.9 Å². The maximum Gasteiger partial charge on any atom is 0.245 e. The van der Waals surface area contributed by atoms with Gasteiger partial charge in [0, 0.05) is 23.3 Å². The van der Waals surface area contributed by atoms with Crippen LogP contribution in [0.5, 0.6) is 0 Å². The van der Waals surface area contributed by atoms with Gasteiger partial charge in [-0.25, -0.2) is 8.42 Å². The van der Waals surface area contributed by atoms with Gasteiger partial charge in [0.1, 0.15) is 6.54 Å². The molecule has 2 aromatic carbocycles. The fraction of sp³-hybridized carbons (Fsp3) is 0.176. The van der Waals surface area contributed by atoms with Crippen LogP contribution in [0.1, 0.15) is 6.92 Å². The number of carbonyl (C=O) groups excluding carboxylic acids is 2. The Bertz CT molecular complexity index is 914. The van der Waals surface area contributed by atoms with Crippen LogP contribution in [0.2, 0.25) is 5.02 Å². The third-order valence-electron chi connectivity index (χ3n) is 3.27. The maximum atomic E-state index is 12.3. The summed E-state index contributed by atoms with van der Waals surface area (Å²) in [6, 6.07) is 12.7. The van der Waals surface area contributed by atoms with Crippen LogP contribution in [0.3, 0.4) is 0 Å². The number of rotatable bonds is 6. The molecule has 2 rings (SSSR count). The fourth-order valence-electron chi connectivity index (χ4n) is 2.21. The Morgan fingerprint density at radius 3 is 2.27 bits per heavy atom. The van der Waals surface area contributed by atoms with Crippen LogP contribution in [0.25, 0.3) is 0 Å². The van der Waals surface area contributed by atoms with E-state index in [1.54, 1.807) is 42.5 Å². The molecule has 0 radical (unpaired) electrons. The summed E-state index contributed by atoms with van der Waals surface area (Å²) in [5.74, 6) is -0.795. The van der Waals surface area contributed by atoms with E-state index in [2.05, 4.69) is 10.6 Å². The van der Waals surface area contributed by atoms with E-state index in [4.69, 9.17) is 11.6 Å². The number of hydrogen-bond acceptors (Lipinski definition) is 4. The average Bonchev–Trinajstić information content (AvgIpc) is 2.53. The number of anilines is 3. The quantitative estimate of drug-likeness (QED) is 0.786. The summed E-state index contributed by atoms with van der Waals surface area (Å²) in [4.78, 5) is 23.5. The van der Waals surface area contributed by atoms with Gasteiger partial charge in [0.25, 0.3) is 0 Å². The highest BCUT2D eigenvalue weighted by Crippen LogP contribution is 2.22. The molecule has 0 bridgehead atoms. The Morgan fingerprint density at radius 1 is 1.04 bits per heavy atom. The summed E-state index contributed by atoms with van der Waals surface area (Å²) in [7, 11) is -3.72. The Morgan fingerprint density at radius 2 is 1.69 bits per heavy atom. The fourth-order valence-corrected chi connectivity index (χ4v) is 3.18. The summed E-state index contributed by atoms with van der Waals surface area (Å²) in [5, 5.41) is 5.71. The van der Waals surface area contributed by atoms with Crippen LogP contribution in [0.15, 0.2) is 48.5 Å². The predicted octanol–water partition coefficient (Wildman–Crippen LogP) is 2.70. The summed E-state index contributed by atoms with van der Waals surface area (Å²) < 4.78 is 25.2. The van der Waals surface area contributed by atoms with Gasteiger partial charge in [-0.1, -0.05) is 17.7 Å². The molecule has 0 saturated carbocycles. The Kier molecular flexibility index (Phi) is 6.23. The van der Waals surface area contributed by atoms with E-state index in [1.807, 2.05) is 0 Å². The lowest BCUT2D eigenvalue weighted by Gasteiger charge is -2.22. The normalized spacial score (nSPS) is 10.9. The molecule has 9 heteroatoms. The number of benzene rings is 2. The summed E-state index contributed by atoms with van der Waals surface area (Å²) in [6.07, 6.45) is 1.01. The van der Waals surface area contributed by atoms with E-state index in [9.17, 15) is 18.0 Å². The Hall–Kier alpha value is -2.58. The molecule has 0 atom stereocenters. The standard InChI is InChI=1S/C17H18ClN3O4S/c1-12(22)19-15-4-3-5-16(10-15)21(26(2,24)25)11-17(23)20-14-8-6-13(18)7-9-14/h3-10H,11H2,1-2H3,(H,19,22)(H,20,23). The zero-order chi connectivity index (χ0) is 19.3. The molecule has 0 aliphatic carbocycles. The maximum absolute atomic E-state index is 12.3. The summed E-state index contributed by atoms with van der Waals surface area (Å²) in [6.45, 7) is 0.936. The second-order valence-electron chi connectivity index (χ2n) is 5.56. The third kappa shape index (κ3) is 5.75. The summed E-state index contributed by atoms with van der Waals surface area (Å²) in [5.41, 5.74) is 1.20. The second kappa shape index (κ2) is 8.20. The molecule has 26 heavy (non-hydrogen) atoms. The van der Waals surface area contributed by atoms with Crippen molar-refractivity contribution in [2.24, 2.45) is 0 Å². The lowest BCUT2D eigenvalue weighted by Crippen LogP contribution is -2.37. The van der Waals surface area contributed by atoms with E-state index >= 15 is 0 Å². The van der Waals surface area contributed by atoms with Crippen molar-refractivity contribution in [3.63, 3.8) is 0 Å². The molecule has 0 aliphatic heterocycles. The van der Waals surface area contributed by atoms with Crippen LogP contribution in [-0.2, 0) is 19.6 Å². The van der Waals surface area contributed by atoms with Crippen LogP contribution >= 0.6 is 11.6 Å². The van der Waals surface area contributed by atoms with E-state index in [-0.39, 0.29) is 11.6 Å². The van der Waals surface area contributed by atoms with E-state index in [0.29, 0.717) is 16.4 Å². The van der Waals surface area contributed by atoms with Crippen LogP contribution in [-0.4, -0.2) is 33.0 Å². The number of amides is 2. The molecular weight excluding hydrogens is 378 g/mol. The van der Waals surface area contributed by atoms with Gasteiger partial charge in [-0.05, 0) is 42.5 Å². The molecule has 0 heterocycles. The Balaban J connectivity index is 2.21. The SMILES string of the molecule is CC(=O)Nc1cccc(N(CC(=O)Nc2ccc(Cl)cc2)S(C)(=O)=O)c1. The van der Waals surface area contributed by atoms with Crippen molar-refractivity contribution in [3.8, 4) is 0 Å². The lowest BCUT2D eigenvalue weighted by molar-refractivity contribution is -0.115. The van der Waals surface area contributed by atoms with Gasteiger partial charge < -0.3 is 10.6 Å². The van der Waals surface area contributed by atoms with Crippen molar-refractivity contribution >= 4 is 50.5 Å². The van der Waals surface area contributed by atoms with Gasteiger partial charge in [-0.2, -0.15) is 0 Å². The molecule has 138 valence electrons. The average molecular weight is 396 g/mol. The van der Waals surface area contributed by atoms with Crippen molar-refractivity contribution in [1.82, 2.24) is 0 Å². The largest absolute Gasteiger partial charge is 0.326 e. The number of carbonyl (C=O) groups is 2. The van der Waals surface area contributed by atoms with Gasteiger partial charge in [0.05, 0.1) is 11.9 Å². The van der Waals surface area contributed by atoms with Crippen molar-refractivity contribution in [3.05, 3.63) is 53.6 Å². The van der Waals surface area contributed by atoms with Crippen molar-refractivity contribution in [2.45, 2.75) is 6.92 Å². The Labute approximate surface area is 157 Å². The van der Waals surface area contributed by atoms with E-state index < -0.39 is 22.5 Å². The first-order chi connectivity index (χ1) is 12.1. The first kappa shape index (κ1) is 19.7. The molecule has 0 unspecified atom stereocenters. The highest BCUT2D eigenvalue weighted by Gasteiger charge is 2.21. The topological polar surface area (TPSA) is 95.6 Å². The van der Waals surface area contributed by atoms with Crippen LogP contribution in [0, 0.1) is 0 Å². The molecule has 2 amide bonds. The molecule has 0 spiro atoms. The molecule has 0 aromatic heterocycles. The monoisotopic (exact) mass is 395 g/mol. The molecule has 2 N–H and O–H groups in total. The van der Waals surface area contributed by atoms with E-state index in [0.717, 1.165) is 10.6 Å². The van der Waals surface area contributed by atoms with Gasteiger partial charge >= 0.3 is 0 Å².